The zero-order valence-electron chi connectivity index (χ0n) is 10.4. The van der Waals surface area contributed by atoms with Crippen molar-refractivity contribution in [3.63, 3.8) is 0 Å². The van der Waals surface area contributed by atoms with Crippen LogP contribution in [-0.4, -0.2) is 8.07 Å². The Morgan fingerprint density at radius 1 is 1.27 bits per heavy atom. The second-order valence-electron chi connectivity index (χ2n) is 4.97. The number of rotatable bonds is 4. The standard InChI is InChI=1S/C14H22Si/c1-6-14(3,7-2)15(4,5)13-11-9-8-10-12-13/h6,8-12H,1,7H2,2-5H3/t14-/m1/s1. The molecule has 0 nitrogen and oxygen atoms in total. The topological polar surface area (TPSA) is 0 Å². The zero-order valence-corrected chi connectivity index (χ0v) is 11.4. The summed E-state index contributed by atoms with van der Waals surface area (Å²) in [7, 11) is -1.45. The van der Waals surface area contributed by atoms with E-state index in [1.54, 1.807) is 0 Å². The fraction of sp³-hybridized carbons (Fsp3) is 0.429. The van der Waals surface area contributed by atoms with E-state index in [4.69, 9.17) is 0 Å². The highest BCUT2D eigenvalue weighted by atomic mass is 28.3. The van der Waals surface area contributed by atoms with Crippen LogP contribution in [0.15, 0.2) is 43.0 Å². The monoisotopic (exact) mass is 218 g/mol. The van der Waals surface area contributed by atoms with Crippen molar-refractivity contribution in [2.24, 2.45) is 0 Å². The first kappa shape index (κ1) is 12.2. The third-order valence-electron chi connectivity index (χ3n) is 4.11. The van der Waals surface area contributed by atoms with Crippen molar-refractivity contribution in [2.45, 2.75) is 38.4 Å². The van der Waals surface area contributed by atoms with Crippen molar-refractivity contribution < 1.29 is 0 Å². The molecule has 0 aromatic heterocycles. The summed E-state index contributed by atoms with van der Waals surface area (Å²) in [5, 5.41) is 1.81. The van der Waals surface area contributed by atoms with Crippen LogP contribution in [0.2, 0.25) is 18.1 Å². The van der Waals surface area contributed by atoms with Crippen LogP contribution in [-0.2, 0) is 0 Å². The lowest BCUT2D eigenvalue weighted by molar-refractivity contribution is 0.696. The Labute approximate surface area is 95.0 Å². The molecule has 0 saturated carbocycles. The van der Waals surface area contributed by atoms with Gasteiger partial charge in [0.25, 0.3) is 0 Å². The van der Waals surface area contributed by atoms with Crippen molar-refractivity contribution in [2.75, 3.05) is 0 Å². The molecule has 15 heavy (non-hydrogen) atoms. The van der Waals surface area contributed by atoms with E-state index in [1.165, 1.54) is 11.6 Å². The van der Waals surface area contributed by atoms with Crippen molar-refractivity contribution in [3.05, 3.63) is 43.0 Å². The lowest BCUT2D eigenvalue weighted by Crippen LogP contribution is -2.50. The molecule has 0 radical (unpaired) electrons. The molecule has 0 saturated heterocycles. The molecular weight excluding hydrogens is 196 g/mol. The molecule has 1 aromatic rings. The van der Waals surface area contributed by atoms with Gasteiger partial charge in [-0.15, -0.1) is 6.58 Å². The fourth-order valence-electron chi connectivity index (χ4n) is 2.03. The maximum absolute atomic E-state index is 4.03. The van der Waals surface area contributed by atoms with E-state index >= 15 is 0 Å². The molecule has 82 valence electrons. The summed E-state index contributed by atoms with van der Waals surface area (Å²) in [5.41, 5.74) is 0. The van der Waals surface area contributed by atoms with Crippen LogP contribution in [0.4, 0.5) is 0 Å². The van der Waals surface area contributed by atoms with Crippen LogP contribution in [0.1, 0.15) is 20.3 Å². The van der Waals surface area contributed by atoms with Gasteiger partial charge in [-0.05, 0) is 11.5 Å². The smallest absolute Gasteiger partial charge is 0.0901 e. The number of hydrogen-bond donors (Lipinski definition) is 0. The van der Waals surface area contributed by atoms with E-state index in [9.17, 15) is 0 Å². The molecule has 1 atom stereocenters. The highest BCUT2D eigenvalue weighted by Crippen LogP contribution is 2.41. The molecule has 0 aliphatic heterocycles. The summed E-state index contributed by atoms with van der Waals surface area (Å²) in [4.78, 5) is 0. The molecule has 0 unspecified atom stereocenters. The van der Waals surface area contributed by atoms with Gasteiger partial charge in [-0.3, -0.25) is 0 Å². The van der Waals surface area contributed by atoms with Gasteiger partial charge in [0.2, 0.25) is 0 Å². The second kappa shape index (κ2) is 4.36. The van der Waals surface area contributed by atoms with Crippen LogP contribution in [0, 0.1) is 0 Å². The van der Waals surface area contributed by atoms with Gasteiger partial charge in [-0.1, -0.05) is 68.5 Å². The molecule has 0 aliphatic rings. The SMILES string of the molecule is C=C[C@](C)(CC)[Si](C)(C)c1ccccc1. The predicted octanol–water partition coefficient (Wildman–Crippen LogP) is 3.96. The Hall–Kier alpha value is -0.823. The maximum atomic E-state index is 4.03. The minimum absolute atomic E-state index is 0.286. The predicted molar refractivity (Wildman–Crippen MR) is 72.4 cm³/mol. The minimum Gasteiger partial charge on any atom is -0.103 e. The molecule has 0 N–H and O–H groups in total. The molecule has 1 aromatic carbocycles. The van der Waals surface area contributed by atoms with Crippen LogP contribution in [0.25, 0.3) is 0 Å². The van der Waals surface area contributed by atoms with Crippen molar-refractivity contribution in [1.29, 1.82) is 0 Å². The third-order valence-corrected chi connectivity index (χ3v) is 9.30. The molecule has 0 fully saturated rings. The summed E-state index contributed by atoms with van der Waals surface area (Å²) in [6, 6.07) is 10.9. The number of allylic oxidation sites excluding steroid dienone is 1. The third kappa shape index (κ3) is 2.07. The molecule has 1 rings (SSSR count). The van der Waals surface area contributed by atoms with Crippen molar-refractivity contribution in [1.82, 2.24) is 0 Å². The first-order valence-electron chi connectivity index (χ1n) is 5.67. The second-order valence-corrected chi connectivity index (χ2v) is 9.94. The Balaban J connectivity index is 3.17. The summed E-state index contributed by atoms with van der Waals surface area (Å²) in [6.07, 6.45) is 3.33. The van der Waals surface area contributed by atoms with Gasteiger partial charge in [-0.25, -0.2) is 0 Å². The summed E-state index contributed by atoms with van der Waals surface area (Å²) < 4.78 is 0. The molecule has 0 amide bonds. The van der Waals surface area contributed by atoms with E-state index in [-0.39, 0.29) is 5.04 Å². The van der Waals surface area contributed by atoms with E-state index in [0.717, 1.165) is 0 Å². The van der Waals surface area contributed by atoms with Gasteiger partial charge in [-0.2, -0.15) is 0 Å². The highest BCUT2D eigenvalue weighted by Gasteiger charge is 2.40. The molecule has 0 spiro atoms. The van der Waals surface area contributed by atoms with E-state index < -0.39 is 8.07 Å². The lowest BCUT2D eigenvalue weighted by Gasteiger charge is -2.40. The molecular formula is C14H22Si. The lowest BCUT2D eigenvalue weighted by atomic mass is 10.1. The Morgan fingerprint density at radius 3 is 2.20 bits per heavy atom. The Morgan fingerprint density at radius 2 is 1.80 bits per heavy atom. The quantitative estimate of drug-likeness (QED) is 0.530. The highest BCUT2D eigenvalue weighted by molar-refractivity contribution is 6.92. The molecule has 0 aliphatic carbocycles. The molecule has 0 heterocycles. The van der Waals surface area contributed by atoms with Gasteiger partial charge in [0.15, 0.2) is 0 Å². The van der Waals surface area contributed by atoms with Gasteiger partial charge in [0.05, 0.1) is 8.07 Å². The van der Waals surface area contributed by atoms with Crippen LogP contribution < -0.4 is 5.19 Å². The van der Waals surface area contributed by atoms with E-state index in [1.807, 2.05) is 0 Å². The largest absolute Gasteiger partial charge is 0.103 e. The van der Waals surface area contributed by atoms with Gasteiger partial charge in [0, 0.05) is 0 Å². The first-order chi connectivity index (χ1) is 6.98. The normalized spacial score (nSPS) is 15.7. The fourth-order valence-corrected chi connectivity index (χ4v) is 5.11. The van der Waals surface area contributed by atoms with Crippen molar-refractivity contribution in [3.8, 4) is 0 Å². The number of benzene rings is 1. The molecule has 0 bridgehead atoms. The average molecular weight is 218 g/mol. The summed E-state index contributed by atoms with van der Waals surface area (Å²) in [5.74, 6) is 0. The van der Waals surface area contributed by atoms with Gasteiger partial charge >= 0.3 is 0 Å². The van der Waals surface area contributed by atoms with Crippen LogP contribution >= 0.6 is 0 Å². The molecule has 1 heteroatoms. The minimum atomic E-state index is -1.45. The van der Waals surface area contributed by atoms with Crippen LogP contribution in [0.3, 0.4) is 0 Å². The zero-order chi connectivity index (χ0) is 11.5. The Kier molecular flexibility index (Phi) is 3.56. The summed E-state index contributed by atoms with van der Waals surface area (Å²) >= 11 is 0. The average Bonchev–Trinajstić information content (AvgIpc) is 2.29. The van der Waals surface area contributed by atoms with E-state index in [2.05, 4.69) is 69.9 Å². The van der Waals surface area contributed by atoms with Gasteiger partial charge < -0.3 is 0 Å². The number of hydrogen-bond acceptors (Lipinski definition) is 0. The maximum Gasteiger partial charge on any atom is 0.0901 e. The van der Waals surface area contributed by atoms with E-state index in [0.29, 0.717) is 0 Å². The van der Waals surface area contributed by atoms with Gasteiger partial charge in [0.1, 0.15) is 0 Å². The Bertz CT molecular complexity index is 326. The van der Waals surface area contributed by atoms with Crippen molar-refractivity contribution >= 4 is 13.3 Å². The van der Waals surface area contributed by atoms with Crippen LogP contribution in [0.5, 0.6) is 0 Å². The summed E-state index contributed by atoms with van der Waals surface area (Å²) in [6.45, 7) is 13.5. The first-order valence-corrected chi connectivity index (χ1v) is 8.67.